The average Bonchev–Trinajstić information content (AvgIpc) is 2.65. The molecule has 0 saturated heterocycles. The molecular formula is C21H24O4. The highest BCUT2D eigenvalue weighted by Gasteiger charge is 2.14. The summed E-state index contributed by atoms with van der Waals surface area (Å²) >= 11 is 0. The Labute approximate surface area is 149 Å². The molecule has 0 N–H and O–H groups in total. The average molecular weight is 340 g/mol. The quantitative estimate of drug-likeness (QED) is 0.522. The molecule has 0 aliphatic rings. The van der Waals surface area contributed by atoms with Crippen LogP contribution in [-0.2, 0) is 6.42 Å². The van der Waals surface area contributed by atoms with Crippen molar-refractivity contribution in [2.24, 2.45) is 0 Å². The maximum Gasteiger partial charge on any atom is 0.203 e. The van der Waals surface area contributed by atoms with Crippen LogP contribution in [0.3, 0.4) is 0 Å². The third-order valence-electron chi connectivity index (χ3n) is 3.93. The van der Waals surface area contributed by atoms with Crippen molar-refractivity contribution in [3.05, 3.63) is 59.2 Å². The number of rotatable bonds is 8. The first-order valence-corrected chi connectivity index (χ1v) is 8.24. The molecule has 0 fully saturated rings. The number of benzene rings is 2. The third kappa shape index (κ3) is 4.41. The molecule has 0 spiro atoms. The van der Waals surface area contributed by atoms with Crippen molar-refractivity contribution in [1.29, 1.82) is 0 Å². The van der Waals surface area contributed by atoms with Crippen LogP contribution in [0.25, 0.3) is 6.08 Å². The number of ketones is 1. The smallest absolute Gasteiger partial charge is 0.203 e. The summed E-state index contributed by atoms with van der Waals surface area (Å²) in [6.45, 7) is 2.14. The second-order valence-corrected chi connectivity index (χ2v) is 5.57. The van der Waals surface area contributed by atoms with E-state index >= 15 is 0 Å². The van der Waals surface area contributed by atoms with E-state index in [2.05, 4.69) is 6.92 Å². The van der Waals surface area contributed by atoms with E-state index in [1.165, 1.54) is 5.56 Å². The molecule has 4 nitrogen and oxygen atoms in total. The van der Waals surface area contributed by atoms with Crippen molar-refractivity contribution in [1.82, 2.24) is 0 Å². The molecule has 0 bridgehead atoms. The molecular weight excluding hydrogens is 316 g/mol. The van der Waals surface area contributed by atoms with Crippen LogP contribution >= 0.6 is 0 Å². The van der Waals surface area contributed by atoms with E-state index in [0.717, 1.165) is 18.4 Å². The number of aryl methyl sites for hydroxylation is 1. The summed E-state index contributed by atoms with van der Waals surface area (Å²) < 4.78 is 16.0. The number of carbonyl (C=O) groups is 1. The van der Waals surface area contributed by atoms with Gasteiger partial charge in [0.25, 0.3) is 0 Å². The molecule has 0 amide bonds. The van der Waals surface area contributed by atoms with Gasteiger partial charge in [0, 0.05) is 11.1 Å². The summed E-state index contributed by atoms with van der Waals surface area (Å²) in [6, 6.07) is 11.3. The Balaban J connectivity index is 2.24. The summed E-state index contributed by atoms with van der Waals surface area (Å²) in [5.41, 5.74) is 2.65. The van der Waals surface area contributed by atoms with Crippen LogP contribution in [0, 0.1) is 0 Å². The van der Waals surface area contributed by atoms with Gasteiger partial charge in [-0.2, -0.15) is 0 Å². The topological polar surface area (TPSA) is 44.8 Å². The van der Waals surface area contributed by atoms with Crippen LogP contribution in [0.15, 0.2) is 42.5 Å². The molecule has 2 aromatic rings. The van der Waals surface area contributed by atoms with Crippen LogP contribution in [-0.4, -0.2) is 27.1 Å². The highest BCUT2D eigenvalue weighted by atomic mass is 16.5. The molecule has 132 valence electrons. The SMILES string of the molecule is CCCc1ccc(C(=O)/C=C\c2ccc(OC)c(OC)c2OC)cc1. The Morgan fingerprint density at radius 2 is 1.60 bits per heavy atom. The molecule has 0 atom stereocenters. The lowest BCUT2D eigenvalue weighted by Gasteiger charge is -2.13. The van der Waals surface area contributed by atoms with Gasteiger partial charge in [-0.25, -0.2) is 0 Å². The zero-order valence-corrected chi connectivity index (χ0v) is 15.2. The van der Waals surface area contributed by atoms with Gasteiger partial charge >= 0.3 is 0 Å². The van der Waals surface area contributed by atoms with Gasteiger partial charge in [-0.1, -0.05) is 37.6 Å². The van der Waals surface area contributed by atoms with E-state index in [-0.39, 0.29) is 5.78 Å². The molecule has 0 radical (unpaired) electrons. The first-order valence-electron chi connectivity index (χ1n) is 8.24. The molecule has 2 aromatic carbocycles. The summed E-state index contributed by atoms with van der Waals surface area (Å²) in [4.78, 5) is 12.4. The van der Waals surface area contributed by atoms with Crippen molar-refractivity contribution in [2.45, 2.75) is 19.8 Å². The number of hydrogen-bond acceptors (Lipinski definition) is 4. The highest BCUT2D eigenvalue weighted by Crippen LogP contribution is 2.40. The summed E-state index contributed by atoms with van der Waals surface area (Å²) in [5, 5.41) is 0. The fraction of sp³-hybridized carbons (Fsp3) is 0.286. The summed E-state index contributed by atoms with van der Waals surface area (Å²) in [5.74, 6) is 1.56. The van der Waals surface area contributed by atoms with Crippen LogP contribution in [0.2, 0.25) is 0 Å². The summed E-state index contributed by atoms with van der Waals surface area (Å²) in [6.07, 6.45) is 5.38. The largest absolute Gasteiger partial charge is 0.493 e. The van der Waals surface area contributed by atoms with Crippen LogP contribution in [0.1, 0.15) is 34.8 Å². The van der Waals surface area contributed by atoms with E-state index in [4.69, 9.17) is 14.2 Å². The van der Waals surface area contributed by atoms with Crippen LogP contribution < -0.4 is 14.2 Å². The fourth-order valence-electron chi connectivity index (χ4n) is 2.64. The lowest BCUT2D eigenvalue weighted by atomic mass is 10.0. The highest BCUT2D eigenvalue weighted by molar-refractivity contribution is 6.07. The molecule has 0 heterocycles. The molecule has 0 aliphatic carbocycles. The summed E-state index contributed by atoms with van der Waals surface area (Å²) in [7, 11) is 4.68. The zero-order chi connectivity index (χ0) is 18.2. The standard InChI is InChI=1S/C21H24O4/c1-5-6-15-7-9-16(10-8-15)18(22)13-11-17-12-14-19(23-2)21(25-4)20(17)24-3/h7-14H,5-6H2,1-4H3/b13-11-. The van der Waals surface area contributed by atoms with Gasteiger partial charge in [0.05, 0.1) is 21.3 Å². The Hall–Kier alpha value is -2.75. The number of carbonyl (C=O) groups excluding carboxylic acids is 1. The monoisotopic (exact) mass is 340 g/mol. The lowest BCUT2D eigenvalue weighted by Crippen LogP contribution is -1.98. The fourth-order valence-corrected chi connectivity index (χ4v) is 2.64. The van der Waals surface area contributed by atoms with Gasteiger partial charge in [0.2, 0.25) is 5.75 Å². The first-order chi connectivity index (χ1) is 12.1. The van der Waals surface area contributed by atoms with Crippen molar-refractivity contribution in [3.8, 4) is 17.2 Å². The maximum atomic E-state index is 12.4. The normalized spacial score (nSPS) is 10.7. The Morgan fingerprint density at radius 1 is 0.920 bits per heavy atom. The Morgan fingerprint density at radius 3 is 2.16 bits per heavy atom. The Kier molecular flexibility index (Phi) is 6.63. The minimum absolute atomic E-state index is 0.0557. The molecule has 4 heteroatoms. The number of ether oxygens (including phenoxy) is 3. The minimum Gasteiger partial charge on any atom is -0.493 e. The van der Waals surface area contributed by atoms with Gasteiger partial charge in [0.1, 0.15) is 0 Å². The third-order valence-corrected chi connectivity index (χ3v) is 3.93. The number of methoxy groups -OCH3 is 3. The van der Waals surface area contributed by atoms with Gasteiger partial charge in [-0.15, -0.1) is 0 Å². The van der Waals surface area contributed by atoms with Crippen molar-refractivity contribution >= 4 is 11.9 Å². The van der Waals surface area contributed by atoms with Gasteiger partial charge < -0.3 is 14.2 Å². The molecule has 25 heavy (non-hydrogen) atoms. The van der Waals surface area contributed by atoms with Gasteiger partial charge in [0.15, 0.2) is 17.3 Å². The van der Waals surface area contributed by atoms with Gasteiger partial charge in [-0.3, -0.25) is 4.79 Å². The lowest BCUT2D eigenvalue weighted by molar-refractivity contribution is 0.104. The number of hydrogen-bond donors (Lipinski definition) is 0. The second-order valence-electron chi connectivity index (χ2n) is 5.57. The van der Waals surface area contributed by atoms with Crippen LogP contribution in [0.4, 0.5) is 0 Å². The van der Waals surface area contributed by atoms with Gasteiger partial charge in [-0.05, 0) is 36.3 Å². The van der Waals surface area contributed by atoms with E-state index < -0.39 is 0 Å². The van der Waals surface area contributed by atoms with Crippen molar-refractivity contribution < 1.29 is 19.0 Å². The molecule has 0 aliphatic heterocycles. The Bertz CT molecular complexity index is 745. The van der Waals surface area contributed by atoms with Crippen LogP contribution in [0.5, 0.6) is 17.2 Å². The zero-order valence-electron chi connectivity index (χ0n) is 15.2. The predicted octanol–water partition coefficient (Wildman–Crippen LogP) is 4.56. The maximum absolute atomic E-state index is 12.4. The van der Waals surface area contributed by atoms with E-state index in [1.807, 2.05) is 30.3 Å². The first kappa shape index (κ1) is 18.6. The predicted molar refractivity (Wildman–Crippen MR) is 99.9 cm³/mol. The number of allylic oxidation sites excluding steroid dienone is 1. The molecule has 0 aromatic heterocycles. The molecule has 2 rings (SSSR count). The van der Waals surface area contributed by atoms with E-state index in [9.17, 15) is 4.79 Å². The van der Waals surface area contributed by atoms with Crippen molar-refractivity contribution in [3.63, 3.8) is 0 Å². The van der Waals surface area contributed by atoms with Crippen molar-refractivity contribution in [2.75, 3.05) is 21.3 Å². The molecule has 0 saturated carbocycles. The minimum atomic E-state index is -0.0557. The molecule has 0 unspecified atom stereocenters. The van der Waals surface area contributed by atoms with E-state index in [1.54, 1.807) is 39.5 Å². The van der Waals surface area contributed by atoms with E-state index in [0.29, 0.717) is 22.8 Å². The second kappa shape index (κ2) is 8.92.